The minimum Gasteiger partial charge on any atom is -0.275 e. The van der Waals surface area contributed by atoms with Gasteiger partial charge in [-0.15, -0.1) is 10.2 Å². The molecule has 1 aromatic heterocycles. The van der Waals surface area contributed by atoms with Crippen molar-refractivity contribution >= 4 is 0 Å². The maximum atomic E-state index is 8.42. The topological polar surface area (TPSA) is 63.0 Å². The van der Waals surface area contributed by atoms with Gasteiger partial charge in [0, 0.05) is 0 Å². The van der Waals surface area contributed by atoms with Crippen LogP contribution in [0.3, 0.4) is 0 Å². The van der Waals surface area contributed by atoms with Crippen LogP contribution in [0.15, 0.2) is 0 Å². The Morgan fingerprint density at radius 2 is 1.78 bits per heavy atom. The maximum Gasteiger partial charge on any atom is 0.151 e. The first kappa shape index (κ1) is 6.03. The van der Waals surface area contributed by atoms with Crippen LogP contribution in [0.2, 0.25) is 0 Å². The summed E-state index contributed by atoms with van der Waals surface area (Å²) in [6, 6.07) is 0. The molecule has 0 aliphatic rings. The minimum atomic E-state index is 0.634. The zero-order valence-electron chi connectivity index (χ0n) is 5.29. The maximum absolute atomic E-state index is 8.42. The van der Waals surface area contributed by atoms with Crippen LogP contribution in [-0.4, -0.2) is 20.1 Å². The number of aromatic nitrogens is 3. The first-order chi connectivity index (χ1) is 4.25. The zero-order valence-corrected chi connectivity index (χ0v) is 5.29. The van der Waals surface area contributed by atoms with Gasteiger partial charge in [0.05, 0.1) is 0 Å². The summed E-state index contributed by atoms with van der Waals surface area (Å²) >= 11 is 0. The Kier molecular flexibility index (Phi) is 1.35. The van der Waals surface area contributed by atoms with E-state index in [2.05, 4.69) is 10.2 Å². The number of rotatable bonds is 1. The van der Waals surface area contributed by atoms with E-state index >= 15 is 0 Å². The molecule has 0 spiro atoms. The van der Waals surface area contributed by atoms with Crippen LogP contribution in [0.5, 0.6) is 0 Å². The summed E-state index contributed by atoms with van der Waals surface area (Å²) in [7, 11) is 0. The average Bonchev–Trinajstić information content (AvgIpc) is 2.12. The molecule has 0 aromatic carbocycles. The summed E-state index contributed by atoms with van der Waals surface area (Å²) in [6.07, 6.45) is 0. The molecule has 0 aliphatic carbocycles. The molecule has 5 nitrogen and oxygen atoms in total. The molecule has 50 valence electrons. The van der Waals surface area contributed by atoms with Crippen LogP contribution >= 0.6 is 0 Å². The molecule has 5 heteroatoms. The van der Waals surface area contributed by atoms with Crippen LogP contribution in [0.4, 0.5) is 0 Å². The van der Waals surface area contributed by atoms with Gasteiger partial charge in [-0.1, -0.05) is 0 Å². The summed E-state index contributed by atoms with van der Waals surface area (Å²) in [6.45, 7) is 3.48. The molecule has 0 aliphatic heterocycles. The largest absolute Gasteiger partial charge is 0.275 e. The van der Waals surface area contributed by atoms with Gasteiger partial charge < -0.3 is 0 Å². The van der Waals surface area contributed by atoms with Gasteiger partial charge in [-0.25, -0.2) is 10.3 Å². The normalized spacial score (nSPS) is 9.67. The van der Waals surface area contributed by atoms with E-state index in [0.717, 1.165) is 0 Å². The first-order valence-electron chi connectivity index (χ1n) is 2.54. The Morgan fingerprint density at radius 1 is 1.33 bits per heavy atom. The number of aryl methyl sites for hydroxylation is 2. The summed E-state index contributed by atoms with van der Waals surface area (Å²) < 4.78 is 1.38. The Balaban J connectivity index is 3.07. The molecule has 1 rings (SSSR count). The average molecular weight is 128 g/mol. The van der Waals surface area contributed by atoms with Crippen LogP contribution in [0, 0.1) is 13.8 Å². The van der Waals surface area contributed by atoms with Crippen LogP contribution in [-0.2, 0) is 0 Å². The molecule has 0 amide bonds. The highest BCUT2D eigenvalue weighted by atomic mass is 16.5. The molecule has 2 N–H and O–H groups in total. The number of nitrogens with one attached hydrogen (secondary N) is 1. The van der Waals surface area contributed by atoms with E-state index in [1.807, 2.05) is 5.59 Å². The summed E-state index contributed by atoms with van der Waals surface area (Å²) in [5.41, 5.74) is 1.94. The highest BCUT2D eigenvalue weighted by molar-refractivity contribution is 4.91. The minimum absolute atomic E-state index is 0.634. The van der Waals surface area contributed by atoms with Gasteiger partial charge >= 0.3 is 0 Å². The Labute approximate surface area is 52.3 Å². The lowest BCUT2D eigenvalue weighted by Crippen LogP contribution is -2.12. The van der Waals surface area contributed by atoms with Gasteiger partial charge in [0.15, 0.2) is 11.6 Å². The van der Waals surface area contributed by atoms with Crippen LogP contribution < -0.4 is 5.59 Å². The van der Waals surface area contributed by atoms with Crippen LogP contribution in [0.25, 0.3) is 0 Å². The van der Waals surface area contributed by atoms with Crippen molar-refractivity contribution in [3.8, 4) is 0 Å². The van der Waals surface area contributed by atoms with E-state index in [0.29, 0.717) is 11.6 Å². The van der Waals surface area contributed by atoms with Crippen molar-refractivity contribution in [1.29, 1.82) is 0 Å². The highest BCUT2D eigenvalue weighted by Crippen LogP contribution is 1.92. The quantitative estimate of drug-likeness (QED) is 0.515. The van der Waals surface area contributed by atoms with Gasteiger partial charge in [-0.2, -0.15) is 0 Å². The molecule has 0 unspecified atom stereocenters. The second kappa shape index (κ2) is 2.02. The second-order valence-electron chi connectivity index (χ2n) is 1.73. The van der Waals surface area contributed by atoms with E-state index in [4.69, 9.17) is 5.21 Å². The fourth-order valence-corrected chi connectivity index (χ4v) is 0.613. The van der Waals surface area contributed by atoms with Gasteiger partial charge in [-0.05, 0) is 13.8 Å². The molecule has 0 atom stereocenters. The lowest BCUT2D eigenvalue weighted by Gasteiger charge is -1.99. The zero-order chi connectivity index (χ0) is 6.85. The molecule has 9 heavy (non-hydrogen) atoms. The molecule has 0 radical (unpaired) electrons. The van der Waals surface area contributed by atoms with Crippen LogP contribution in [0.1, 0.15) is 11.6 Å². The van der Waals surface area contributed by atoms with Crippen molar-refractivity contribution in [2.24, 2.45) is 0 Å². The molecule has 0 fully saturated rings. The summed E-state index contributed by atoms with van der Waals surface area (Å²) in [5.74, 6) is 1.27. The van der Waals surface area contributed by atoms with Crippen molar-refractivity contribution in [2.45, 2.75) is 13.8 Å². The van der Waals surface area contributed by atoms with Crippen molar-refractivity contribution < 1.29 is 5.21 Å². The third-order valence-electron chi connectivity index (χ3n) is 1.09. The molecular formula is C4H8N4O. The SMILES string of the molecule is Cc1nnc(C)n1NO. The Hall–Kier alpha value is -1.10. The predicted octanol–water partition coefficient (Wildman–Crippen LogP) is -0.172. The third-order valence-corrected chi connectivity index (χ3v) is 1.09. The second-order valence-corrected chi connectivity index (χ2v) is 1.73. The summed E-state index contributed by atoms with van der Waals surface area (Å²) in [4.78, 5) is 0. The monoisotopic (exact) mass is 128 g/mol. The van der Waals surface area contributed by atoms with E-state index in [1.165, 1.54) is 4.68 Å². The predicted molar refractivity (Wildman–Crippen MR) is 30.6 cm³/mol. The van der Waals surface area contributed by atoms with Crippen molar-refractivity contribution in [3.63, 3.8) is 0 Å². The van der Waals surface area contributed by atoms with E-state index in [9.17, 15) is 0 Å². The number of hydrogen-bond acceptors (Lipinski definition) is 4. The van der Waals surface area contributed by atoms with Gasteiger partial charge in [-0.3, -0.25) is 5.21 Å². The molecule has 0 saturated carbocycles. The van der Waals surface area contributed by atoms with E-state index in [-0.39, 0.29) is 0 Å². The van der Waals surface area contributed by atoms with Crippen molar-refractivity contribution in [2.75, 3.05) is 5.59 Å². The molecule has 0 bridgehead atoms. The van der Waals surface area contributed by atoms with E-state index < -0.39 is 0 Å². The fourth-order valence-electron chi connectivity index (χ4n) is 0.613. The van der Waals surface area contributed by atoms with E-state index in [1.54, 1.807) is 13.8 Å². The fraction of sp³-hybridized carbons (Fsp3) is 0.500. The number of nitrogens with zero attached hydrogens (tertiary/aromatic N) is 3. The van der Waals surface area contributed by atoms with Gasteiger partial charge in [0.25, 0.3) is 0 Å². The molecule has 1 heterocycles. The summed E-state index contributed by atoms with van der Waals surface area (Å²) in [5, 5.41) is 15.8. The van der Waals surface area contributed by atoms with Crippen molar-refractivity contribution in [3.05, 3.63) is 11.6 Å². The standard InChI is InChI=1S/C4H8N4O/c1-3-5-6-4(2)8(3)7-9/h7,9H,1-2H3. The van der Waals surface area contributed by atoms with Gasteiger partial charge in [0.1, 0.15) is 0 Å². The Bertz CT molecular complexity index is 187. The third kappa shape index (κ3) is 0.857. The van der Waals surface area contributed by atoms with Crippen molar-refractivity contribution in [1.82, 2.24) is 14.9 Å². The van der Waals surface area contributed by atoms with Gasteiger partial charge in [0.2, 0.25) is 0 Å². The molecule has 1 aromatic rings. The first-order valence-corrected chi connectivity index (χ1v) is 2.54. The number of hydrogen-bond donors (Lipinski definition) is 2. The molecule has 0 saturated heterocycles. The lowest BCUT2D eigenvalue weighted by molar-refractivity contribution is 0.312. The lowest BCUT2D eigenvalue weighted by atomic mass is 10.7. The smallest absolute Gasteiger partial charge is 0.151 e. The molecular weight excluding hydrogens is 120 g/mol. The Morgan fingerprint density at radius 3 is 2.00 bits per heavy atom. The highest BCUT2D eigenvalue weighted by Gasteiger charge is 1.99.